The molecular formula is C22H31F2N5O. The molecule has 3 unspecified atom stereocenters. The van der Waals surface area contributed by atoms with Gasteiger partial charge in [-0.25, -0.2) is 8.78 Å². The number of carbonyl (C=O) groups excluding carboxylic acids is 1. The first-order valence-electron chi connectivity index (χ1n) is 10.9. The summed E-state index contributed by atoms with van der Waals surface area (Å²) in [6.45, 7) is 6.87. The highest BCUT2D eigenvalue weighted by molar-refractivity contribution is 5.82. The number of aliphatic imine (C=N–C) groups is 1. The van der Waals surface area contributed by atoms with Crippen LogP contribution in [0, 0.1) is 11.6 Å². The highest BCUT2D eigenvalue weighted by Gasteiger charge is 2.43. The fraction of sp³-hybridized carbons (Fsp3) is 0.636. The van der Waals surface area contributed by atoms with Gasteiger partial charge in [-0.05, 0) is 38.3 Å². The number of likely N-dealkylation sites (tertiary alicyclic amines) is 1. The van der Waals surface area contributed by atoms with E-state index in [0.29, 0.717) is 6.42 Å². The normalized spacial score (nSPS) is 26.1. The summed E-state index contributed by atoms with van der Waals surface area (Å²) in [4.78, 5) is 23.4. The molecule has 30 heavy (non-hydrogen) atoms. The van der Waals surface area contributed by atoms with E-state index in [-0.39, 0.29) is 29.5 Å². The molecule has 1 amide bonds. The Balaban J connectivity index is 1.29. The standard InChI is InChI=1S/C22H31F2N5O/c1-15(21(30)28-8-3-4-9-28)27-10-12-29(13-11-27)22(25-2)26-19-14-16(19)20-17(23)6-5-7-18(20)24/h5-7,15-16,19H,3-4,8-14H2,1-2H3,(H,25,26). The van der Waals surface area contributed by atoms with Gasteiger partial charge in [-0.15, -0.1) is 0 Å². The lowest BCUT2D eigenvalue weighted by Crippen LogP contribution is -2.57. The zero-order valence-corrected chi connectivity index (χ0v) is 17.8. The molecule has 0 aromatic heterocycles. The third-order valence-electron chi connectivity index (χ3n) is 6.62. The number of piperazine rings is 1. The molecule has 0 radical (unpaired) electrons. The van der Waals surface area contributed by atoms with Gasteiger partial charge in [0.15, 0.2) is 5.96 Å². The van der Waals surface area contributed by atoms with E-state index in [1.54, 1.807) is 7.05 Å². The molecule has 8 heteroatoms. The van der Waals surface area contributed by atoms with Crippen molar-refractivity contribution in [3.63, 3.8) is 0 Å². The minimum absolute atomic E-state index is 0.0104. The van der Waals surface area contributed by atoms with Crippen LogP contribution in [0.1, 0.15) is 37.7 Å². The van der Waals surface area contributed by atoms with Crippen LogP contribution in [-0.4, -0.2) is 85.0 Å². The summed E-state index contributed by atoms with van der Waals surface area (Å²) < 4.78 is 28.1. The third-order valence-corrected chi connectivity index (χ3v) is 6.62. The number of guanidine groups is 1. The Bertz CT molecular complexity index is 782. The predicted molar refractivity (Wildman–Crippen MR) is 112 cm³/mol. The number of carbonyl (C=O) groups is 1. The molecular weight excluding hydrogens is 388 g/mol. The van der Waals surface area contributed by atoms with Gasteiger partial charge in [0, 0.05) is 63.8 Å². The minimum atomic E-state index is -0.482. The van der Waals surface area contributed by atoms with Crippen molar-refractivity contribution in [2.24, 2.45) is 4.99 Å². The van der Waals surface area contributed by atoms with Crippen LogP contribution in [0.2, 0.25) is 0 Å². The summed E-state index contributed by atoms with van der Waals surface area (Å²) in [7, 11) is 1.73. The van der Waals surface area contributed by atoms with Gasteiger partial charge in [-0.3, -0.25) is 14.7 Å². The lowest BCUT2D eigenvalue weighted by atomic mass is 10.1. The Labute approximate surface area is 176 Å². The first-order chi connectivity index (χ1) is 14.5. The number of nitrogens with zero attached hydrogens (tertiary/aromatic N) is 4. The monoisotopic (exact) mass is 419 g/mol. The number of hydrogen-bond donors (Lipinski definition) is 1. The van der Waals surface area contributed by atoms with Crippen LogP contribution in [0.25, 0.3) is 0 Å². The van der Waals surface area contributed by atoms with E-state index >= 15 is 0 Å². The average molecular weight is 420 g/mol. The van der Waals surface area contributed by atoms with Gasteiger partial charge in [0.1, 0.15) is 11.6 Å². The summed E-state index contributed by atoms with van der Waals surface area (Å²) in [6.07, 6.45) is 2.90. The topological polar surface area (TPSA) is 51.2 Å². The second-order valence-corrected chi connectivity index (χ2v) is 8.51. The fourth-order valence-corrected chi connectivity index (χ4v) is 4.68. The van der Waals surface area contributed by atoms with E-state index in [2.05, 4.69) is 20.1 Å². The lowest BCUT2D eigenvalue weighted by Gasteiger charge is -2.39. The summed E-state index contributed by atoms with van der Waals surface area (Å²) in [6, 6.07) is 3.91. The molecule has 1 aliphatic carbocycles. The lowest BCUT2D eigenvalue weighted by molar-refractivity contribution is -0.135. The molecule has 1 N–H and O–H groups in total. The van der Waals surface area contributed by atoms with Crippen molar-refractivity contribution in [1.29, 1.82) is 0 Å². The Kier molecular flexibility index (Phi) is 6.22. The summed E-state index contributed by atoms with van der Waals surface area (Å²) >= 11 is 0. The molecule has 1 aromatic rings. The Morgan fingerprint density at radius 3 is 2.30 bits per heavy atom. The summed E-state index contributed by atoms with van der Waals surface area (Å²) in [5.74, 6) is -0.134. The number of benzene rings is 1. The van der Waals surface area contributed by atoms with Crippen LogP contribution in [0.4, 0.5) is 8.78 Å². The van der Waals surface area contributed by atoms with E-state index < -0.39 is 11.6 Å². The molecule has 3 atom stereocenters. The molecule has 2 heterocycles. The number of nitrogens with one attached hydrogen (secondary N) is 1. The van der Waals surface area contributed by atoms with Crippen molar-refractivity contribution in [2.75, 3.05) is 46.3 Å². The van der Waals surface area contributed by atoms with Crippen LogP contribution < -0.4 is 5.32 Å². The van der Waals surface area contributed by atoms with E-state index in [1.165, 1.54) is 18.2 Å². The van der Waals surface area contributed by atoms with Crippen molar-refractivity contribution in [1.82, 2.24) is 20.0 Å². The molecule has 1 saturated carbocycles. The van der Waals surface area contributed by atoms with Gasteiger partial charge in [0.25, 0.3) is 0 Å². The van der Waals surface area contributed by atoms with Crippen LogP contribution in [-0.2, 0) is 4.79 Å². The maximum Gasteiger partial charge on any atom is 0.239 e. The fourth-order valence-electron chi connectivity index (χ4n) is 4.68. The van der Waals surface area contributed by atoms with Gasteiger partial charge in [-0.1, -0.05) is 6.07 Å². The second kappa shape index (κ2) is 8.88. The van der Waals surface area contributed by atoms with E-state index in [0.717, 1.165) is 58.1 Å². The van der Waals surface area contributed by atoms with Crippen LogP contribution in [0.3, 0.4) is 0 Å². The number of halogens is 2. The molecule has 1 aromatic carbocycles. The zero-order chi connectivity index (χ0) is 21.3. The van der Waals surface area contributed by atoms with Gasteiger partial charge in [0.05, 0.1) is 6.04 Å². The molecule has 2 saturated heterocycles. The van der Waals surface area contributed by atoms with Crippen molar-refractivity contribution >= 4 is 11.9 Å². The third kappa shape index (κ3) is 4.29. The highest BCUT2D eigenvalue weighted by Crippen LogP contribution is 2.43. The molecule has 2 aliphatic heterocycles. The van der Waals surface area contributed by atoms with Gasteiger partial charge in [0.2, 0.25) is 5.91 Å². The quantitative estimate of drug-likeness (QED) is 0.599. The molecule has 0 spiro atoms. The maximum absolute atomic E-state index is 14.0. The molecule has 3 aliphatic rings. The van der Waals surface area contributed by atoms with Crippen LogP contribution in [0.5, 0.6) is 0 Å². The van der Waals surface area contributed by atoms with Gasteiger partial charge < -0.3 is 15.1 Å². The van der Waals surface area contributed by atoms with E-state index in [4.69, 9.17) is 0 Å². The largest absolute Gasteiger partial charge is 0.353 e. The van der Waals surface area contributed by atoms with Crippen molar-refractivity contribution in [3.05, 3.63) is 35.4 Å². The first-order valence-corrected chi connectivity index (χ1v) is 10.9. The molecule has 6 nitrogen and oxygen atoms in total. The average Bonchev–Trinajstić information content (AvgIpc) is 3.27. The molecule has 3 fully saturated rings. The van der Waals surface area contributed by atoms with Crippen molar-refractivity contribution < 1.29 is 13.6 Å². The molecule has 0 bridgehead atoms. The van der Waals surface area contributed by atoms with Crippen LogP contribution >= 0.6 is 0 Å². The highest BCUT2D eigenvalue weighted by atomic mass is 19.1. The van der Waals surface area contributed by atoms with Crippen molar-refractivity contribution in [3.8, 4) is 0 Å². The number of hydrogen-bond acceptors (Lipinski definition) is 3. The predicted octanol–water partition coefficient (Wildman–Crippen LogP) is 2.02. The molecule has 164 valence electrons. The summed E-state index contributed by atoms with van der Waals surface area (Å²) in [5.41, 5.74) is 0.171. The van der Waals surface area contributed by atoms with E-state index in [1.807, 2.05) is 11.8 Å². The van der Waals surface area contributed by atoms with Gasteiger partial charge >= 0.3 is 0 Å². The van der Waals surface area contributed by atoms with Crippen molar-refractivity contribution in [2.45, 2.75) is 44.2 Å². The van der Waals surface area contributed by atoms with E-state index in [9.17, 15) is 13.6 Å². The minimum Gasteiger partial charge on any atom is -0.353 e. The zero-order valence-electron chi connectivity index (χ0n) is 17.8. The summed E-state index contributed by atoms with van der Waals surface area (Å²) in [5, 5.41) is 3.37. The number of amides is 1. The Hall–Kier alpha value is -2.22. The molecule has 4 rings (SSSR count). The Morgan fingerprint density at radius 1 is 1.07 bits per heavy atom. The number of rotatable bonds is 4. The Morgan fingerprint density at radius 2 is 1.70 bits per heavy atom. The maximum atomic E-state index is 14.0. The van der Waals surface area contributed by atoms with Gasteiger partial charge in [-0.2, -0.15) is 0 Å². The smallest absolute Gasteiger partial charge is 0.239 e. The SMILES string of the molecule is CN=C(NC1CC1c1c(F)cccc1F)N1CCN(C(C)C(=O)N2CCCC2)CC1. The van der Waals surface area contributed by atoms with Crippen LogP contribution in [0.15, 0.2) is 23.2 Å². The second-order valence-electron chi connectivity index (χ2n) is 8.51. The first kappa shape index (κ1) is 21.0.